The molecule has 4 rings (SSSR count). The summed E-state index contributed by atoms with van der Waals surface area (Å²) in [6.07, 6.45) is -4.83. The summed E-state index contributed by atoms with van der Waals surface area (Å²) in [6, 6.07) is 19.6. The van der Waals surface area contributed by atoms with Gasteiger partial charge in [0.25, 0.3) is 0 Å². The van der Waals surface area contributed by atoms with Crippen LogP contribution in [0.1, 0.15) is 5.56 Å². The summed E-state index contributed by atoms with van der Waals surface area (Å²) in [5.74, 6) is -0.782. The lowest BCUT2D eigenvalue weighted by atomic mass is 10.1. The van der Waals surface area contributed by atoms with E-state index < -0.39 is 12.3 Å². The van der Waals surface area contributed by atoms with Crippen LogP contribution in [0.15, 0.2) is 77.6 Å². The van der Waals surface area contributed by atoms with Crippen LogP contribution in [0.4, 0.5) is 13.2 Å². The minimum Gasteiger partial charge on any atom is -0.405 e. The molecular weight excluding hydrogens is 409 g/mol. The van der Waals surface area contributed by atoms with Crippen molar-refractivity contribution in [2.24, 2.45) is 0 Å². The van der Waals surface area contributed by atoms with Gasteiger partial charge < -0.3 is 14.6 Å². The maximum atomic E-state index is 12.8. The van der Waals surface area contributed by atoms with Crippen LogP contribution >= 0.6 is 0 Å². The van der Waals surface area contributed by atoms with Crippen LogP contribution in [0.3, 0.4) is 0 Å². The molecule has 1 N–H and O–H groups in total. The summed E-state index contributed by atoms with van der Waals surface area (Å²) in [7, 11) is 0. The molecule has 0 aliphatic rings. The van der Waals surface area contributed by atoms with Crippen molar-refractivity contribution in [3.63, 3.8) is 0 Å². The molecule has 0 bridgehead atoms. The lowest BCUT2D eigenvalue weighted by Gasteiger charge is -2.16. The topological polar surface area (TPSA) is 60.3 Å². The molecule has 31 heavy (non-hydrogen) atoms. The van der Waals surface area contributed by atoms with Crippen LogP contribution in [0.5, 0.6) is 5.75 Å². The van der Waals surface area contributed by atoms with Gasteiger partial charge in [-0.1, -0.05) is 42.5 Å². The summed E-state index contributed by atoms with van der Waals surface area (Å²) >= 11 is 0. The molecule has 1 aromatic heterocycles. The molecule has 0 saturated heterocycles. The minimum absolute atomic E-state index is 0.108. The number of amides is 1. The van der Waals surface area contributed by atoms with E-state index in [0.29, 0.717) is 21.8 Å². The largest absolute Gasteiger partial charge is 0.573 e. The first-order chi connectivity index (χ1) is 14.8. The first kappa shape index (κ1) is 20.5. The molecule has 8 heteroatoms. The molecule has 0 unspecified atom stereocenters. The SMILES string of the molecule is O=C(Cn1c2ccccc2c(=O)c2ccccc21)NCc1ccccc1OC(F)(F)F. The van der Waals surface area contributed by atoms with Gasteiger partial charge in [0.1, 0.15) is 12.3 Å². The second-order valence-corrected chi connectivity index (χ2v) is 6.88. The Hall–Kier alpha value is -3.81. The van der Waals surface area contributed by atoms with Crippen molar-refractivity contribution < 1.29 is 22.7 Å². The molecule has 0 fully saturated rings. The highest BCUT2D eigenvalue weighted by Crippen LogP contribution is 2.26. The normalized spacial score (nSPS) is 11.6. The van der Waals surface area contributed by atoms with Crippen molar-refractivity contribution in [2.75, 3.05) is 0 Å². The van der Waals surface area contributed by atoms with Crippen LogP contribution in [-0.4, -0.2) is 16.8 Å². The van der Waals surface area contributed by atoms with E-state index in [4.69, 9.17) is 0 Å². The van der Waals surface area contributed by atoms with E-state index in [1.54, 1.807) is 59.2 Å². The number of hydrogen-bond donors (Lipinski definition) is 1. The summed E-state index contributed by atoms with van der Waals surface area (Å²) in [6.45, 7) is -0.245. The number of rotatable bonds is 5. The van der Waals surface area contributed by atoms with Crippen molar-refractivity contribution in [3.05, 3.63) is 88.6 Å². The van der Waals surface area contributed by atoms with Crippen molar-refractivity contribution in [2.45, 2.75) is 19.5 Å². The number of carbonyl (C=O) groups excluding carboxylic acids is 1. The molecule has 3 aromatic carbocycles. The van der Waals surface area contributed by atoms with E-state index in [2.05, 4.69) is 10.1 Å². The van der Waals surface area contributed by atoms with Gasteiger partial charge in [-0.2, -0.15) is 0 Å². The molecule has 0 aliphatic carbocycles. The Morgan fingerprint density at radius 2 is 1.42 bits per heavy atom. The average Bonchev–Trinajstić information content (AvgIpc) is 2.75. The van der Waals surface area contributed by atoms with Gasteiger partial charge in [-0.05, 0) is 30.3 Å². The zero-order valence-corrected chi connectivity index (χ0v) is 16.1. The zero-order chi connectivity index (χ0) is 22.0. The van der Waals surface area contributed by atoms with Crippen LogP contribution in [0.25, 0.3) is 21.8 Å². The number of nitrogens with zero attached hydrogens (tertiary/aromatic N) is 1. The molecule has 158 valence electrons. The van der Waals surface area contributed by atoms with Gasteiger partial charge in [0, 0.05) is 22.9 Å². The number of carbonyl (C=O) groups is 1. The first-order valence-electron chi connectivity index (χ1n) is 9.44. The van der Waals surface area contributed by atoms with E-state index in [-0.39, 0.29) is 29.8 Å². The Bertz CT molecular complexity index is 1270. The highest BCUT2D eigenvalue weighted by Gasteiger charge is 2.32. The van der Waals surface area contributed by atoms with Crippen LogP contribution in [0.2, 0.25) is 0 Å². The van der Waals surface area contributed by atoms with Gasteiger partial charge >= 0.3 is 6.36 Å². The monoisotopic (exact) mass is 426 g/mol. The fraction of sp³-hybridized carbons (Fsp3) is 0.130. The number of hydrogen-bond acceptors (Lipinski definition) is 3. The molecule has 0 spiro atoms. The Balaban J connectivity index is 1.62. The fourth-order valence-corrected chi connectivity index (χ4v) is 3.51. The quantitative estimate of drug-likeness (QED) is 0.482. The van der Waals surface area contributed by atoms with Gasteiger partial charge in [0.2, 0.25) is 5.91 Å². The fourth-order valence-electron chi connectivity index (χ4n) is 3.51. The number of para-hydroxylation sites is 3. The Morgan fingerprint density at radius 1 is 0.871 bits per heavy atom. The van der Waals surface area contributed by atoms with E-state index in [0.717, 1.165) is 0 Å². The number of ether oxygens (including phenoxy) is 1. The predicted octanol–water partition coefficient (Wildman–Crippen LogP) is 4.37. The van der Waals surface area contributed by atoms with Gasteiger partial charge in [-0.3, -0.25) is 9.59 Å². The first-order valence-corrected chi connectivity index (χ1v) is 9.44. The number of fused-ring (bicyclic) bond motifs is 2. The Kier molecular flexibility index (Phi) is 5.37. The lowest BCUT2D eigenvalue weighted by Crippen LogP contribution is -2.28. The molecule has 0 aliphatic heterocycles. The number of alkyl halides is 3. The number of pyridine rings is 1. The standard InChI is InChI=1S/C23H17F3N2O3/c24-23(25,26)31-20-12-6-1-7-15(20)13-27-21(29)14-28-18-10-4-2-8-16(18)22(30)17-9-3-5-11-19(17)28/h1-12H,13-14H2,(H,27,29). The summed E-state index contributed by atoms with van der Waals surface area (Å²) in [4.78, 5) is 25.5. The van der Waals surface area contributed by atoms with Crippen molar-refractivity contribution in [1.82, 2.24) is 9.88 Å². The third-order valence-corrected chi connectivity index (χ3v) is 4.85. The molecule has 0 atom stereocenters. The minimum atomic E-state index is -4.83. The van der Waals surface area contributed by atoms with Gasteiger partial charge in [0.15, 0.2) is 5.43 Å². The van der Waals surface area contributed by atoms with Gasteiger partial charge in [-0.25, -0.2) is 0 Å². The van der Waals surface area contributed by atoms with Crippen LogP contribution in [0, 0.1) is 0 Å². The lowest BCUT2D eigenvalue weighted by molar-refractivity contribution is -0.274. The number of nitrogens with one attached hydrogen (secondary N) is 1. The van der Waals surface area contributed by atoms with Gasteiger partial charge in [0.05, 0.1) is 11.0 Å². The molecule has 1 heterocycles. The van der Waals surface area contributed by atoms with Crippen LogP contribution < -0.4 is 15.5 Å². The molecule has 0 saturated carbocycles. The summed E-state index contributed by atoms with van der Waals surface area (Å²) < 4.78 is 43.5. The summed E-state index contributed by atoms with van der Waals surface area (Å²) in [5.41, 5.74) is 1.27. The average molecular weight is 426 g/mol. The maximum absolute atomic E-state index is 12.8. The van der Waals surface area contributed by atoms with E-state index >= 15 is 0 Å². The molecule has 0 radical (unpaired) electrons. The smallest absolute Gasteiger partial charge is 0.405 e. The Labute approximate surface area is 174 Å². The highest BCUT2D eigenvalue weighted by atomic mass is 19.4. The number of halogens is 3. The predicted molar refractivity (Wildman–Crippen MR) is 111 cm³/mol. The van der Waals surface area contributed by atoms with Gasteiger partial charge in [-0.15, -0.1) is 13.2 Å². The molecule has 4 aromatic rings. The second kappa shape index (κ2) is 8.14. The number of benzene rings is 3. The van der Waals surface area contributed by atoms with Crippen molar-refractivity contribution in [1.29, 1.82) is 0 Å². The molecule has 5 nitrogen and oxygen atoms in total. The maximum Gasteiger partial charge on any atom is 0.573 e. The Morgan fingerprint density at radius 3 is 2.03 bits per heavy atom. The van der Waals surface area contributed by atoms with Crippen molar-refractivity contribution >= 4 is 27.7 Å². The van der Waals surface area contributed by atoms with E-state index in [1.165, 1.54) is 18.2 Å². The zero-order valence-electron chi connectivity index (χ0n) is 16.1. The van der Waals surface area contributed by atoms with Crippen molar-refractivity contribution in [3.8, 4) is 5.75 Å². The summed E-state index contributed by atoms with van der Waals surface area (Å²) in [5, 5.41) is 3.60. The number of aromatic nitrogens is 1. The second-order valence-electron chi connectivity index (χ2n) is 6.88. The van der Waals surface area contributed by atoms with Crippen LogP contribution in [-0.2, 0) is 17.9 Å². The molecule has 1 amide bonds. The third kappa shape index (κ3) is 4.37. The molecular formula is C23H17F3N2O3. The third-order valence-electron chi connectivity index (χ3n) is 4.85. The van der Waals surface area contributed by atoms with E-state index in [1.807, 2.05) is 0 Å². The highest BCUT2D eigenvalue weighted by molar-refractivity contribution is 5.94. The van der Waals surface area contributed by atoms with E-state index in [9.17, 15) is 22.8 Å².